The summed E-state index contributed by atoms with van der Waals surface area (Å²) < 4.78 is 19.5. The number of hydrogen-bond acceptors (Lipinski definition) is 5. The molecule has 0 radical (unpaired) electrons. The summed E-state index contributed by atoms with van der Waals surface area (Å²) in [5.41, 5.74) is 1.20. The lowest BCUT2D eigenvalue weighted by molar-refractivity contribution is 0.0706. The monoisotopic (exact) mass is 285 g/mol. The first kappa shape index (κ1) is 12.6. The van der Waals surface area contributed by atoms with Crippen LogP contribution in [-0.2, 0) is 0 Å². The maximum atomic E-state index is 13.8. The number of hydrogen-bond donors (Lipinski definition) is 2. The maximum absolute atomic E-state index is 13.8. The SMILES string of the molecule is Cc1n[nH]c2nc(Cl)nc(O[C@@H]3CCNC[C@@H]3F)c12. The van der Waals surface area contributed by atoms with Crippen LogP contribution < -0.4 is 10.1 Å². The minimum Gasteiger partial charge on any atom is -0.471 e. The molecule has 2 N–H and O–H groups in total. The Bertz CT molecular complexity index is 604. The van der Waals surface area contributed by atoms with Crippen molar-refractivity contribution >= 4 is 22.6 Å². The number of nitrogens with one attached hydrogen (secondary N) is 2. The van der Waals surface area contributed by atoms with Gasteiger partial charge in [-0.1, -0.05) is 0 Å². The normalized spacial score (nSPS) is 23.7. The molecule has 0 amide bonds. The lowest BCUT2D eigenvalue weighted by Gasteiger charge is -2.27. The molecule has 3 heterocycles. The highest BCUT2D eigenvalue weighted by atomic mass is 35.5. The molecule has 0 bridgehead atoms. The van der Waals surface area contributed by atoms with E-state index in [1.165, 1.54) is 0 Å². The Morgan fingerprint density at radius 2 is 2.26 bits per heavy atom. The average molecular weight is 286 g/mol. The molecule has 0 unspecified atom stereocenters. The van der Waals surface area contributed by atoms with Gasteiger partial charge in [-0.2, -0.15) is 15.1 Å². The number of fused-ring (bicyclic) bond motifs is 1. The second-order valence-corrected chi connectivity index (χ2v) is 4.83. The van der Waals surface area contributed by atoms with Gasteiger partial charge in [0.25, 0.3) is 0 Å². The van der Waals surface area contributed by atoms with Crippen LogP contribution in [-0.4, -0.2) is 45.5 Å². The molecule has 2 atom stereocenters. The van der Waals surface area contributed by atoms with Crippen molar-refractivity contribution in [2.75, 3.05) is 13.1 Å². The van der Waals surface area contributed by atoms with E-state index in [1.54, 1.807) is 6.92 Å². The number of halogens is 2. The first-order chi connectivity index (χ1) is 9.15. The summed E-state index contributed by atoms with van der Waals surface area (Å²) in [5.74, 6) is 0.288. The van der Waals surface area contributed by atoms with Crippen LogP contribution in [0.1, 0.15) is 12.1 Å². The number of H-pyrrole nitrogens is 1. The molecule has 19 heavy (non-hydrogen) atoms. The number of piperidine rings is 1. The van der Waals surface area contributed by atoms with E-state index in [1.807, 2.05) is 0 Å². The molecule has 0 aromatic carbocycles. The summed E-state index contributed by atoms with van der Waals surface area (Å²) in [7, 11) is 0. The molecule has 1 fully saturated rings. The second kappa shape index (κ2) is 4.90. The van der Waals surface area contributed by atoms with Crippen molar-refractivity contribution < 1.29 is 9.13 Å². The highest BCUT2D eigenvalue weighted by Gasteiger charge is 2.28. The van der Waals surface area contributed by atoms with Gasteiger partial charge in [0.15, 0.2) is 5.65 Å². The summed E-state index contributed by atoms with van der Waals surface area (Å²) in [6.07, 6.45) is -1.00. The zero-order chi connectivity index (χ0) is 13.4. The van der Waals surface area contributed by atoms with E-state index in [0.717, 1.165) is 6.54 Å². The molecule has 1 saturated heterocycles. The van der Waals surface area contributed by atoms with Crippen molar-refractivity contribution in [1.82, 2.24) is 25.5 Å². The van der Waals surface area contributed by atoms with Gasteiger partial charge < -0.3 is 10.1 Å². The van der Waals surface area contributed by atoms with E-state index in [2.05, 4.69) is 25.5 Å². The fourth-order valence-corrected chi connectivity index (χ4v) is 2.33. The zero-order valence-corrected chi connectivity index (χ0v) is 11.0. The summed E-state index contributed by atoms with van der Waals surface area (Å²) in [6.45, 7) is 2.81. The largest absolute Gasteiger partial charge is 0.471 e. The van der Waals surface area contributed by atoms with Gasteiger partial charge in [-0.05, 0) is 31.5 Å². The number of alkyl halides is 1. The summed E-state index contributed by atoms with van der Waals surface area (Å²) in [6, 6.07) is 0. The molecule has 2 aromatic rings. The molecule has 0 aliphatic carbocycles. The molecule has 1 aliphatic rings. The number of aromatic nitrogens is 4. The standard InChI is InChI=1S/C11H13ClFN5O/c1-5-8-9(18-17-5)15-11(12)16-10(8)19-7-2-3-14-4-6(7)13/h6-7,14H,2-4H2,1H3,(H,15,16,17,18)/t6-,7+/m0/s1. The molecule has 1 aliphatic heterocycles. The molecule has 3 rings (SSSR count). The molecule has 0 spiro atoms. The van der Waals surface area contributed by atoms with E-state index in [9.17, 15) is 4.39 Å². The fourth-order valence-electron chi connectivity index (χ4n) is 2.17. The molecule has 0 saturated carbocycles. The lowest BCUT2D eigenvalue weighted by atomic mass is 10.1. The van der Waals surface area contributed by atoms with E-state index < -0.39 is 12.3 Å². The van der Waals surface area contributed by atoms with Crippen LogP contribution in [0.2, 0.25) is 5.28 Å². The van der Waals surface area contributed by atoms with Crippen LogP contribution in [0.3, 0.4) is 0 Å². The molecular weight excluding hydrogens is 273 g/mol. The Hall–Kier alpha value is -1.47. The first-order valence-corrected chi connectivity index (χ1v) is 6.42. The van der Waals surface area contributed by atoms with Gasteiger partial charge in [-0.15, -0.1) is 0 Å². The topological polar surface area (TPSA) is 75.7 Å². The van der Waals surface area contributed by atoms with Gasteiger partial charge in [0.1, 0.15) is 17.7 Å². The highest BCUT2D eigenvalue weighted by Crippen LogP contribution is 2.27. The Morgan fingerprint density at radius 3 is 3.05 bits per heavy atom. The van der Waals surface area contributed by atoms with E-state index in [4.69, 9.17) is 16.3 Å². The van der Waals surface area contributed by atoms with E-state index >= 15 is 0 Å². The maximum Gasteiger partial charge on any atom is 0.229 e. The minimum absolute atomic E-state index is 0.0514. The lowest BCUT2D eigenvalue weighted by Crippen LogP contribution is -2.44. The van der Waals surface area contributed by atoms with Gasteiger partial charge in [0.05, 0.1) is 5.69 Å². The van der Waals surface area contributed by atoms with Crippen LogP contribution in [0.25, 0.3) is 11.0 Å². The highest BCUT2D eigenvalue weighted by molar-refractivity contribution is 6.28. The van der Waals surface area contributed by atoms with E-state index in [-0.39, 0.29) is 17.7 Å². The van der Waals surface area contributed by atoms with Crippen molar-refractivity contribution in [3.05, 3.63) is 11.0 Å². The minimum atomic E-state index is -1.07. The Morgan fingerprint density at radius 1 is 1.42 bits per heavy atom. The van der Waals surface area contributed by atoms with Gasteiger partial charge in [0.2, 0.25) is 11.2 Å². The third kappa shape index (κ3) is 2.35. The van der Waals surface area contributed by atoms with Crippen molar-refractivity contribution in [3.63, 3.8) is 0 Å². The quantitative estimate of drug-likeness (QED) is 0.816. The Balaban J connectivity index is 1.97. The summed E-state index contributed by atoms with van der Waals surface area (Å²) in [5, 5.41) is 10.5. The smallest absolute Gasteiger partial charge is 0.229 e. The van der Waals surface area contributed by atoms with Crippen molar-refractivity contribution in [1.29, 1.82) is 0 Å². The fraction of sp³-hybridized carbons (Fsp3) is 0.545. The summed E-state index contributed by atoms with van der Waals surface area (Å²) >= 11 is 5.83. The van der Waals surface area contributed by atoms with Gasteiger partial charge in [0, 0.05) is 6.54 Å². The predicted octanol–water partition coefficient (Wildman–Crippen LogP) is 1.39. The van der Waals surface area contributed by atoms with Crippen LogP contribution >= 0.6 is 11.6 Å². The number of aromatic amines is 1. The molecule has 2 aromatic heterocycles. The average Bonchev–Trinajstić information content (AvgIpc) is 2.74. The second-order valence-electron chi connectivity index (χ2n) is 4.50. The Labute approximate surface area is 113 Å². The Kier molecular flexibility index (Phi) is 3.24. The van der Waals surface area contributed by atoms with Crippen LogP contribution in [0, 0.1) is 6.92 Å². The number of ether oxygens (including phenoxy) is 1. The van der Waals surface area contributed by atoms with Gasteiger partial charge in [-0.3, -0.25) is 5.10 Å². The third-order valence-electron chi connectivity index (χ3n) is 3.15. The summed E-state index contributed by atoms with van der Waals surface area (Å²) in [4.78, 5) is 8.07. The predicted molar refractivity (Wildman–Crippen MR) is 68.2 cm³/mol. The number of nitrogens with zero attached hydrogens (tertiary/aromatic N) is 3. The van der Waals surface area contributed by atoms with Crippen LogP contribution in [0.15, 0.2) is 0 Å². The van der Waals surface area contributed by atoms with Crippen molar-refractivity contribution in [2.24, 2.45) is 0 Å². The van der Waals surface area contributed by atoms with Crippen molar-refractivity contribution in [3.8, 4) is 5.88 Å². The molecule has 8 heteroatoms. The number of rotatable bonds is 2. The zero-order valence-electron chi connectivity index (χ0n) is 10.3. The van der Waals surface area contributed by atoms with Crippen LogP contribution in [0.5, 0.6) is 5.88 Å². The molecule has 102 valence electrons. The third-order valence-corrected chi connectivity index (χ3v) is 3.32. The van der Waals surface area contributed by atoms with Crippen LogP contribution in [0.4, 0.5) is 4.39 Å². The first-order valence-electron chi connectivity index (χ1n) is 6.05. The molecule has 6 nitrogen and oxygen atoms in total. The van der Waals surface area contributed by atoms with Crippen molar-refractivity contribution in [2.45, 2.75) is 25.6 Å². The van der Waals surface area contributed by atoms with Gasteiger partial charge in [-0.25, -0.2) is 4.39 Å². The van der Waals surface area contributed by atoms with Gasteiger partial charge >= 0.3 is 0 Å². The number of aryl methyl sites for hydroxylation is 1. The molecular formula is C11H13ClFN5O. The van der Waals surface area contributed by atoms with E-state index in [0.29, 0.717) is 23.1 Å².